The Morgan fingerprint density at radius 2 is 1.90 bits per heavy atom. The van der Waals surface area contributed by atoms with Crippen molar-refractivity contribution in [2.45, 2.75) is 46.0 Å². The second kappa shape index (κ2) is 9.60. The summed E-state index contributed by atoms with van der Waals surface area (Å²) in [5, 5.41) is 12.2. The molecule has 0 spiro atoms. The second-order valence-electron chi connectivity index (χ2n) is 6.85. The van der Waals surface area contributed by atoms with Gasteiger partial charge in [0.1, 0.15) is 12.4 Å². The standard InChI is InChI=1S/C22H26N4O2S/c1-5-26-20(13-28-19-9-7-6-8-16(19)3)24-25-22(26)29-14-21(27)23-18-11-10-15(2)12-17(18)4/h6-12H,5,13-14H2,1-4H3,(H,23,27). The third-order valence-corrected chi connectivity index (χ3v) is 5.52. The van der Waals surface area contributed by atoms with E-state index in [0.29, 0.717) is 18.3 Å². The van der Waals surface area contributed by atoms with Gasteiger partial charge in [0.2, 0.25) is 5.91 Å². The van der Waals surface area contributed by atoms with Crippen LogP contribution in [0.2, 0.25) is 0 Å². The van der Waals surface area contributed by atoms with Gasteiger partial charge in [-0.15, -0.1) is 10.2 Å². The van der Waals surface area contributed by atoms with Gasteiger partial charge in [0, 0.05) is 12.2 Å². The Balaban J connectivity index is 1.59. The molecule has 1 aromatic heterocycles. The molecule has 152 valence electrons. The fraction of sp³-hybridized carbons (Fsp3) is 0.318. The Morgan fingerprint density at radius 3 is 2.62 bits per heavy atom. The van der Waals surface area contributed by atoms with E-state index in [4.69, 9.17) is 4.74 Å². The van der Waals surface area contributed by atoms with Gasteiger partial charge in [-0.1, -0.05) is 47.7 Å². The van der Waals surface area contributed by atoms with Gasteiger partial charge in [-0.05, 0) is 51.0 Å². The summed E-state index contributed by atoms with van der Waals surface area (Å²) in [5.41, 5.74) is 4.14. The Hall–Kier alpha value is -2.80. The largest absolute Gasteiger partial charge is 0.485 e. The van der Waals surface area contributed by atoms with Crippen LogP contribution < -0.4 is 10.1 Å². The zero-order valence-corrected chi connectivity index (χ0v) is 18.0. The minimum atomic E-state index is -0.0645. The summed E-state index contributed by atoms with van der Waals surface area (Å²) in [6.45, 7) is 9.11. The van der Waals surface area contributed by atoms with Crippen molar-refractivity contribution in [1.82, 2.24) is 14.8 Å². The van der Waals surface area contributed by atoms with Crippen LogP contribution in [0.25, 0.3) is 0 Å². The van der Waals surface area contributed by atoms with E-state index < -0.39 is 0 Å². The molecular formula is C22H26N4O2S. The van der Waals surface area contributed by atoms with E-state index in [0.717, 1.165) is 28.4 Å². The number of anilines is 1. The highest BCUT2D eigenvalue weighted by Crippen LogP contribution is 2.21. The molecule has 0 atom stereocenters. The summed E-state index contributed by atoms with van der Waals surface area (Å²) >= 11 is 1.38. The summed E-state index contributed by atoms with van der Waals surface area (Å²) in [7, 11) is 0. The first kappa shape index (κ1) is 20.9. The molecule has 0 aliphatic heterocycles. The summed E-state index contributed by atoms with van der Waals surface area (Å²) in [6, 6.07) is 13.9. The number of aromatic nitrogens is 3. The lowest BCUT2D eigenvalue weighted by atomic mass is 10.1. The van der Waals surface area contributed by atoms with Gasteiger partial charge in [0.25, 0.3) is 0 Å². The molecule has 0 saturated carbocycles. The molecule has 0 radical (unpaired) electrons. The van der Waals surface area contributed by atoms with Crippen molar-refractivity contribution < 1.29 is 9.53 Å². The maximum atomic E-state index is 12.4. The van der Waals surface area contributed by atoms with Crippen molar-refractivity contribution in [3.8, 4) is 5.75 Å². The van der Waals surface area contributed by atoms with Crippen LogP contribution >= 0.6 is 11.8 Å². The van der Waals surface area contributed by atoms with Gasteiger partial charge in [-0.25, -0.2) is 0 Å². The molecule has 7 heteroatoms. The molecule has 2 aromatic carbocycles. The maximum Gasteiger partial charge on any atom is 0.234 e. The highest BCUT2D eigenvalue weighted by molar-refractivity contribution is 7.99. The van der Waals surface area contributed by atoms with Gasteiger partial charge in [-0.2, -0.15) is 0 Å². The van der Waals surface area contributed by atoms with Crippen molar-refractivity contribution in [1.29, 1.82) is 0 Å². The van der Waals surface area contributed by atoms with Gasteiger partial charge in [0.05, 0.1) is 5.75 Å². The van der Waals surface area contributed by atoms with Crippen LogP contribution in [-0.2, 0) is 17.9 Å². The summed E-state index contributed by atoms with van der Waals surface area (Å²) in [6.07, 6.45) is 0. The average molecular weight is 411 g/mol. The smallest absolute Gasteiger partial charge is 0.234 e. The fourth-order valence-electron chi connectivity index (χ4n) is 2.98. The van der Waals surface area contributed by atoms with Crippen molar-refractivity contribution in [2.75, 3.05) is 11.1 Å². The zero-order valence-electron chi connectivity index (χ0n) is 17.2. The Bertz CT molecular complexity index is 1000. The number of hydrogen-bond donors (Lipinski definition) is 1. The predicted molar refractivity (Wildman–Crippen MR) is 116 cm³/mol. The fourth-order valence-corrected chi connectivity index (χ4v) is 3.80. The number of amides is 1. The lowest BCUT2D eigenvalue weighted by Crippen LogP contribution is -2.15. The molecule has 0 aliphatic carbocycles. The molecule has 29 heavy (non-hydrogen) atoms. The molecule has 0 bridgehead atoms. The third-order valence-electron chi connectivity index (χ3n) is 4.55. The van der Waals surface area contributed by atoms with Gasteiger partial charge in [0.15, 0.2) is 11.0 Å². The number of aryl methyl sites for hydroxylation is 3. The van der Waals surface area contributed by atoms with E-state index in [1.165, 1.54) is 17.3 Å². The summed E-state index contributed by atoms with van der Waals surface area (Å²) in [5.74, 6) is 1.78. The van der Waals surface area contributed by atoms with E-state index in [1.54, 1.807) is 0 Å². The number of para-hydroxylation sites is 1. The summed E-state index contributed by atoms with van der Waals surface area (Å²) < 4.78 is 7.87. The van der Waals surface area contributed by atoms with E-state index in [9.17, 15) is 4.79 Å². The van der Waals surface area contributed by atoms with Gasteiger partial charge < -0.3 is 14.6 Å². The first-order valence-corrected chi connectivity index (χ1v) is 10.6. The van der Waals surface area contributed by atoms with E-state index in [1.807, 2.05) is 68.7 Å². The number of nitrogens with one attached hydrogen (secondary N) is 1. The zero-order chi connectivity index (χ0) is 20.8. The Kier molecular flexibility index (Phi) is 6.93. The number of ether oxygens (including phenoxy) is 1. The Morgan fingerprint density at radius 1 is 1.10 bits per heavy atom. The third kappa shape index (κ3) is 5.38. The van der Waals surface area contributed by atoms with Crippen LogP contribution in [0.3, 0.4) is 0 Å². The van der Waals surface area contributed by atoms with Crippen molar-refractivity contribution >= 4 is 23.4 Å². The number of thioether (sulfide) groups is 1. The lowest BCUT2D eigenvalue weighted by molar-refractivity contribution is -0.113. The highest BCUT2D eigenvalue weighted by Gasteiger charge is 2.14. The number of hydrogen-bond acceptors (Lipinski definition) is 5. The molecule has 6 nitrogen and oxygen atoms in total. The van der Waals surface area contributed by atoms with Crippen molar-refractivity contribution in [3.63, 3.8) is 0 Å². The monoisotopic (exact) mass is 410 g/mol. The number of benzene rings is 2. The number of carbonyl (C=O) groups excluding carboxylic acids is 1. The van der Waals surface area contributed by atoms with Crippen LogP contribution in [0.4, 0.5) is 5.69 Å². The SMILES string of the molecule is CCn1c(COc2ccccc2C)nnc1SCC(=O)Nc1ccc(C)cc1C. The molecule has 3 rings (SSSR count). The Labute approximate surface area is 175 Å². The first-order chi connectivity index (χ1) is 14.0. The second-order valence-corrected chi connectivity index (χ2v) is 7.79. The number of nitrogens with zero attached hydrogens (tertiary/aromatic N) is 3. The first-order valence-electron chi connectivity index (χ1n) is 9.58. The van der Waals surface area contributed by atoms with Crippen LogP contribution in [0, 0.1) is 20.8 Å². The average Bonchev–Trinajstić information content (AvgIpc) is 3.10. The van der Waals surface area contributed by atoms with E-state index >= 15 is 0 Å². The normalized spacial score (nSPS) is 10.8. The molecule has 0 fully saturated rings. The van der Waals surface area contributed by atoms with Crippen LogP contribution in [0.15, 0.2) is 47.6 Å². The molecule has 0 aliphatic rings. The number of rotatable bonds is 8. The highest BCUT2D eigenvalue weighted by atomic mass is 32.2. The van der Waals surface area contributed by atoms with Gasteiger partial charge in [-0.3, -0.25) is 4.79 Å². The molecule has 1 heterocycles. The maximum absolute atomic E-state index is 12.4. The minimum Gasteiger partial charge on any atom is -0.485 e. The molecule has 3 aromatic rings. The van der Waals surface area contributed by atoms with Crippen LogP contribution in [-0.4, -0.2) is 26.4 Å². The lowest BCUT2D eigenvalue weighted by Gasteiger charge is -2.11. The van der Waals surface area contributed by atoms with Crippen molar-refractivity contribution in [2.24, 2.45) is 0 Å². The molecular weight excluding hydrogens is 384 g/mol. The van der Waals surface area contributed by atoms with E-state index in [2.05, 4.69) is 21.6 Å². The molecule has 1 N–H and O–H groups in total. The minimum absolute atomic E-state index is 0.0645. The van der Waals surface area contributed by atoms with Crippen molar-refractivity contribution in [3.05, 3.63) is 65.0 Å². The van der Waals surface area contributed by atoms with Gasteiger partial charge >= 0.3 is 0 Å². The summed E-state index contributed by atoms with van der Waals surface area (Å²) in [4.78, 5) is 12.4. The molecule has 0 saturated heterocycles. The van der Waals surface area contributed by atoms with E-state index in [-0.39, 0.29) is 11.7 Å². The topological polar surface area (TPSA) is 69.0 Å². The quantitative estimate of drug-likeness (QED) is 0.553. The van der Waals surface area contributed by atoms with Crippen LogP contribution in [0.1, 0.15) is 29.4 Å². The number of carbonyl (C=O) groups is 1. The predicted octanol–water partition coefficient (Wildman–Crippen LogP) is 4.53. The molecule has 1 amide bonds. The molecule has 0 unspecified atom stereocenters. The van der Waals surface area contributed by atoms with Crippen LogP contribution in [0.5, 0.6) is 5.75 Å².